The summed E-state index contributed by atoms with van der Waals surface area (Å²) in [6, 6.07) is 4.39. The van der Waals surface area contributed by atoms with Crippen molar-refractivity contribution in [2.75, 3.05) is 6.61 Å². The number of rotatable bonds is 2. The average molecular weight is 193 g/mol. The SMILES string of the molecule is NC(CO)c1cc2occc2cc1O. The van der Waals surface area contributed by atoms with E-state index in [0.29, 0.717) is 11.1 Å². The van der Waals surface area contributed by atoms with Gasteiger partial charge in [-0.1, -0.05) is 0 Å². The number of hydrogen-bond acceptors (Lipinski definition) is 4. The molecule has 1 aromatic carbocycles. The fourth-order valence-electron chi connectivity index (χ4n) is 1.41. The Morgan fingerprint density at radius 3 is 2.93 bits per heavy atom. The van der Waals surface area contributed by atoms with Crippen LogP contribution in [0.2, 0.25) is 0 Å². The molecule has 14 heavy (non-hydrogen) atoms. The highest BCUT2D eigenvalue weighted by molar-refractivity contribution is 5.80. The quantitative estimate of drug-likeness (QED) is 0.668. The fraction of sp³-hybridized carbons (Fsp3) is 0.200. The van der Waals surface area contributed by atoms with Gasteiger partial charge < -0.3 is 20.4 Å². The zero-order valence-electron chi connectivity index (χ0n) is 7.47. The summed E-state index contributed by atoms with van der Waals surface area (Å²) in [6.45, 7) is -0.209. The van der Waals surface area contributed by atoms with Crippen LogP contribution in [0.3, 0.4) is 0 Å². The van der Waals surface area contributed by atoms with Crippen LogP contribution in [-0.4, -0.2) is 16.8 Å². The number of aliphatic hydroxyl groups excluding tert-OH is 1. The molecule has 0 radical (unpaired) electrons. The van der Waals surface area contributed by atoms with Crippen LogP contribution in [0.4, 0.5) is 0 Å². The summed E-state index contributed by atoms with van der Waals surface area (Å²) in [5.74, 6) is 0.0838. The number of aliphatic hydroxyl groups is 1. The summed E-state index contributed by atoms with van der Waals surface area (Å²) in [5.41, 5.74) is 6.75. The topological polar surface area (TPSA) is 79.6 Å². The summed E-state index contributed by atoms with van der Waals surface area (Å²) >= 11 is 0. The first-order valence-corrected chi connectivity index (χ1v) is 4.29. The van der Waals surface area contributed by atoms with E-state index in [0.717, 1.165) is 5.39 Å². The number of phenols is 1. The Hall–Kier alpha value is -1.52. The molecular formula is C10H11NO3. The van der Waals surface area contributed by atoms with E-state index in [4.69, 9.17) is 15.3 Å². The van der Waals surface area contributed by atoms with Gasteiger partial charge in [0, 0.05) is 10.9 Å². The molecule has 0 aliphatic carbocycles. The Kier molecular flexibility index (Phi) is 2.15. The van der Waals surface area contributed by atoms with Crippen LogP contribution in [0.1, 0.15) is 11.6 Å². The molecule has 0 fully saturated rings. The molecule has 0 aliphatic heterocycles. The third-order valence-corrected chi connectivity index (χ3v) is 2.20. The zero-order valence-corrected chi connectivity index (χ0v) is 7.47. The highest BCUT2D eigenvalue weighted by atomic mass is 16.3. The number of nitrogens with two attached hydrogens (primary N) is 1. The fourth-order valence-corrected chi connectivity index (χ4v) is 1.41. The van der Waals surface area contributed by atoms with E-state index < -0.39 is 6.04 Å². The van der Waals surface area contributed by atoms with Crippen molar-refractivity contribution < 1.29 is 14.6 Å². The van der Waals surface area contributed by atoms with Crippen molar-refractivity contribution in [3.05, 3.63) is 30.0 Å². The van der Waals surface area contributed by atoms with E-state index in [2.05, 4.69) is 0 Å². The monoisotopic (exact) mass is 193 g/mol. The molecule has 0 aliphatic rings. The van der Waals surface area contributed by atoms with Crippen LogP contribution >= 0.6 is 0 Å². The Balaban J connectivity index is 2.58. The second-order valence-corrected chi connectivity index (χ2v) is 3.16. The van der Waals surface area contributed by atoms with Gasteiger partial charge in [0.2, 0.25) is 0 Å². The summed E-state index contributed by atoms with van der Waals surface area (Å²) in [4.78, 5) is 0. The maximum absolute atomic E-state index is 9.60. The van der Waals surface area contributed by atoms with Gasteiger partial charge in [0.25, 0.3) is 0 Å². The van der Waals surface area contributed by atoms with Gasteiger partial charge in [-0.2, -0.15) is 0 Å². The number of furan rings is 1. The minimum Gasteiger partial charge on any atom is -0.508 e. The first kappa shape index (κ1) is 9.05. The van der Waals surface area contributed by atoms with Crippen molar-refractivity contribution in [2.24, 2.45) is 5.73 Å². The lowest BCUT2D eigenvalue weighted by atomic mass is 10.1. The van der Waals surface area contributed by atoms with Gasteiger partial charge in [-0.25, -0.2) is 0 Å². The number of fused-ring (bicyclic) bond motifs is 1. The van der Waals surface area contributed by atoms with Crippen molar-refractivity contribution in [3.8, 4) is 5.75 Å². The van der Waals surface area contributed by atoms with Crippen LogP contribution in [-0.2, 0) is 0 Å². The Morgan fingerprint density at radius 1 is 1.43 bits per heavy atom. The lowest BCUT2D eigenvalue weighted by molar-refractivity contribution is 0.265. The molecule has 0 saturated heterocycles. The van der Waals surface area contributed by atoms with Crippen molar-refractivity contribution in [1.82, 2.24) is 0 Å². The first-order valence-electron chi connectivity index (χ1n) is 4.29. The predicted molar refractivity (Wildman–Crippen MR) is 51.9 cm³/mol. The number of benzene rings is 1. The Bertz CT molecular complexity index is 450. The molecule has 1 heterocycles. The molecule has 4 N–H and O–H groups in total. The third kappa shape index (κ3) is 1.34. The second-order valence-electron chi connectivity index (χ2n) is 3.16. The average Bonchev–Trinajstić information content (AvgIpc) is 2.62. The molecule has 1 unspecified atom stereocenters. The number of aromatic hydroxyl groups is 1. The van der Waals surface area contributed by atoms with Crippen LogP contribution in [0.5, 0.6) is 5.75 Å². The molecule has 0 saturated carbocycles. The first-order chi connectivity index (χ1) is 6.72. The molecule has 2 aromatic rings. The van der Waals surface area contributed by atoms with Crippen LogP contribution < -0.4 is 5.73 Å². The number of hydrogen-bond donors (Lipinski definition) is 3. The van der Waals surface area contributed by atoms with Gasteiger partial charge in [0.15, 0.2) is 0 Å². The summed E-state index contributed by atoms with van der Waals surface area (Å²) in [7, 11) is 0. The summed E-state index contributed by atoms with van der Waals surface area (Å²) < 4.78 is 5.16. The molecule has 4 nitrogen and oxygen atoms in total. The van der Waals surface area contributed by atoms with Crippen LogP contribution in [0, 0.1) is 0 Å². The largest absolute Gasteiger partial charge is 0.508 e. The van der Waals surface area contributed by atoms with E-state index in [1.54, 1.807) is 24.5 Å². The van der Waals surface area contributed by atoms with E-state index in [9.17, 15) is 5.11 Å². The van der Waals surface area contributed by atoms with E-state index in [1.165, 1.54) is 0 Å². The van der Waals surface area contributed by atoms with E-state index in [-0.39, 0.29) is 12.4 Å². The maximum atomic E-state index is 9.60. The lowest BCUT2D eigenvalue weighted by Crippen LogP contribution is -2.14. The maximum Gasteiger partial charge on any atom is 0.134 e. The Labute approximate surface area is 80.6 Å². The second kappa shape index (κ2) is 3.32. The van der Waals surface area contributed by atoms with Gasteiger partial charge in [-0.15, -0.1) is 0 Å². The van der Waals surface area contributed by atoms with Gasteiger partial charge in [0.05, 0.1) is 18.9 Å². The van der Waals surface area contributed by atoms with Crippen molar-refractivity contribution in [2.45, 2.75) is 6.04 Å². The van der Waals surface area contributed by atoms with E-state index >= 15 is 0 Å². The smallest absolute Gasteiger partial charge is 0.134 e. The van der Waals surface area contributed by atoms with Gasteiger partial charge in [0.1, 0.15) is 11.3 Å². The van der Waals surface area contributed by atoms with Crippen molar-refractivity contribution in [1.29, 1.82) is 0 Å². The highest BCUT2D eigenvalue weighted by Gasteiger charge is 2.12. The molecule has 2 rings (SSSR count). The third-order valence-electron chi connectivity index (χ3n) is 2.20. The van der Waals surface area contributed by atoms with Gasteiger partial charge in [-0.3, -0.25) is 0 Å². The summed E-state index contributed by atoms with van der Waals surface area (Å²) in [6.07, 6.45) is 1.54. The standard InChI is InChI=1S/C10H11NO3/c11-8(5-12)7-4-10-6(1-2-14-10)3-9(7)13/h1-4,8,12-13H,5,11H2. The highest BCUT2D eigenvalue weighted by Crippen LogP contribution is 2.28. The zero-order chi connectivity index (χ0) is 10.1. The van der Waals surface area contributed by atoms with Gasteiger partial charge >= 0.3 is 0 Å². The van der Waals surface area contributed by atoms with Crippen molar-refractivity contribution >= 4 is 11.0 Å². The predicted octanol–water partition coefficient (Wildman–Crippen LogP) is 1.13. The molecule has 0 bridgehead atoms. The minimum atomic E-state index is -0.579. The van der Waals surface area contributed by atoms with Crippen LogP contribution in [0.15, 0.2) is 28.9 Å². The van der Waals surface area contributed by atoms with Crippen molar-refractivity contribution in [3.63, 3.8) is 0 Å². The molecular weight excluding hydrogens is 182 g/mol. The lowest BCUT2D eigenvalue weighted by Gasteiger charge is -2.10. The molecule has 1 atom stereocenters. The molecule has 0 spiro atoms. The summed E-state index contributed by atoms with van der Waals surface area (Å²) in [5, 5.41) is 19.3. The molecule has 0 amide bonds. The van der Waals surface area contributed by atoms with E-state index in [1.807, 2.05) is 0 Å². The molecule has 1 aromatic heterocycles. The van der Waals surface area contributed by atoms with Crippen LogP contribution in [0.25, 0.3) is 11.0 Å². The number of phenolic OH excluding ortho intramolecular Hbond substituents is 1. The molecule has 74 valence electrons. The normalized spacial score (nSPS) is 13.3. The minimum absolute atomic E-state index is 0.0838. The van der Waals surface area contributed by atoms with Gasteiger partial charge in [-0.05, 0) is 18.2 Å². The Morgan fingerprint density at radius 2 is 2.21 bits per heavy atom. The molecule has 4 heteroatoms.